The van der Waals surface area contributed by atoms with E-state index in [2.05, 4.69) is 72.3 Å². The van der Waals surface area contributed by atoms with Gasteiger partial charge in [-0.2, -0.15) is 5.10 Å². The average molecular weight is 440 g/mol. The van der Waals surface area contributed by atoms with Crippen LogP contribution in [0.5, 0.6) is 5.75 Å². The molecule has 1 heterocycles. The molecule has 4 rings (SSSR count). The van der Waals surface area contributed by atoms with Gasteiger partial charge >= 0.3 is 0 Å². The minimum atomic E-state index is -0.301. The molecule has 1 N–H and O–H groups in total. The van der Waals surface area contributed by atoms with Crippen molar-refractivity contribution < 1.29 is 9.53 Å². The fourth-order valence-electron chi connectivity index (χ4n) is 3.89. The third kappa shape index (κ3) is 5.32. The van der Waals surface area contributed by atoms with Gasteiger partial charge < -0.3 is 9.30 Å². The maximum atomic E-state index is 12.2. The molecule has 5 heteroatoms. The molecule has 1 aromatic heterocycles. The summed E-state index contributed by atoms with van der Waals surface area (Å²) in [5, 5.41) is 5.31. The van der Waals surface area contributed by atoms with Gasteiger partial charge in [-0.15, -0.1) is 0 Å². The Hall–Kier alpha value is -3.86. The highest BCUT2D eigenvalue weighted by atomic mass is 16.5. The summed E-state index contributed by atoms with van der Waals surface area (Å²) in [4.78, 5) is 12.2. The van der Waals surface area contributed by atoms with Crippen molar-refractivity contribution in [2.24, 2.45) is 5.10 Å². The van der Waals surface area contributed by atoms with Crippen LogP contribution in [-0.2, 0) is 11.3 Å². The van der Waals surface area contributed by atoms with Crippen LogP contribution in [0.2, 0.25) is 0 Å². The molecule has 0 radical (unpaired) electrons. The standard InChI is InChI=1S/C28H29N3O2/c1-20(2)23-13-15-24(16-14-23)33-19-28(32)30-29-17-26-21(3)31(18-22-9-5-4-6-10-22)27-12-8-7-11-25(26)27/h4-17,20H,18-19H2,1-3H3,(H,30,32)/b29-17+. The number of hydrogen-bond donors (Lipinski definition) is 1. The normalized spacial score (nSPS) is 11.4. The van der Waals surface area contributed by atoms with Crippen LogP contribution in [0.4, 0.5) is 0 Å². The minimum absolute atomic E-state index is 0.0902. The maximum Gasteiger partial charge on any atom is 0.277 e. The summed E-state index contributed by atoms with van der Waals surface area (Å²) in [6.45, 7) is 7.05. The van der Waals surface area contributed by atoms with Gasteiger partial charge in [-0.3, -0.25) is 4.79 Å². The Balaban J connectivity index is 1.43. The van der Waals surface area contributed by atoms with E-state index in [1.807, 2.05) is 42.5 Å². The molecule has 0 bridgehead atoms. The molecular formula is C28H29N3O2. The molecule has 5 nitrogen and oxygen atoms in total. The van der Waals surface area contributed by atoms with Gasteiger partial charge in [0.05, 0.1) is 6.21 Å². The molecule has 0 fully saturated rings. The quantitative estimate of drug-likeness (QED) is 0.285. The Morgan fingerprint density at radius 3 is 2.42 bits per heavy atom. The van der Waals surface area contributed by atoms with E-state index in [-0.39, 0.29) is 12.5 Å². The Kier molecular flexibility index (Phi) is 6.89. The van der Waals surface area contributed by atoms with Gasteiger partial charge in [0, 0.05) is 28.7 Å². The van der Waals surface area contributed by atoms with Crippen molar-refractivity contribution in [2.45, 2.75) is 33.2 Å². The van der Waals surface area contributed by atoms with Crippen molar-refractivity contribution in [3.63, 3.8) is 0 Å². The van der Waals surface area contributed by atoms with Crippen LogP contribution in [0.25, 0.3) is 10.9 Å². The first-order valence-corrected chi connectivity index (χ1v) is 11.2. The number of fused-ring (bicyclic) bond motifs is 1. The fraction of sp³-hybridized carbons (Fsp3) is 0.214. The van der Waals surface area contributed by atoms with E-state index < -0.39 is 0 Å². The first-order chi connectivity index (χ1) is 16.0. The van der Waals surface area contributed by atoms with Gasteiger partial charge in [-0.25, -0.2) is 5.43 Å². The molecule has 0 aliphatic carbocycles. The van der Waals surface area contributed by atoms with Crippen molar-refractivity contribution in [3.05, 3.63) is 101 Å². The van der Waals surface area contributed by atoms with Crippen molar-refractivity contribution in [1.29, 1.82) is 0 Å². The number of hydrogen-bond acceptors (Lipinski definition) is 3. The van der Waals surface area contributed by atoms with Gasteiger partial charge in [0.2, 0.25) is 0 Å². The SMILES string of the molecule is Cc1c(/C=N/NC(=O)COc2ccc(C(C)C)cc2)c2ccccc2n1Cc1ccccc1. The molecule has 3 aromatic carbocycles. The van der Waals surface area contributed by atoms with E-state index in [0.29, 0.717) is 11.7 Å². The fourth-order valence-corrected chi connectivity index (χ4v) is 3.89. The molecule has 0 unspecified atom stereocenters. The van der Waals surface area contributed by atoms with E-state index in [1.54, 1.807) is 6.21 Å². The van der Waals surface area contributed by atoms with E-state index in [9.17, 15) is 4.79 Å². The van der Waals surface area contributed by atoms with Crippen molar-refractivity contribution in [1.82, 2.24) is 9.99 Å². The smallest absolute Gasteiger partial charge is 0.277 e. The van der Waals surface area contributed by atoms with E-state index >= 15 is 0 Å². The van der Waals surface area contributed by atoms with Crippen LogP contribution < -0.4 is 10.2 Å². The topological polar surface area (TPSA) is 55.6 Å². The van der Waals surface area contributed by atoms with Gasteiger partial charge in [0.25, 0.3) is 5.91 Å². The lowest BCUT2D eigenvalue weighted by Gasteiger charge is -2.08. The monoisotopic (exact) mass is 439 g/mol. The Labute approximate surface area is 194 Å². The van der Waals surface area contributed by atoms with Gasteiger partial charge in [-0.1, -0.05) is 74.5 Å². The summed E-state index contributed by atoms with van der Waals surface area (Å²) < 4.78 is 7.86. The molecule has 0 spiro atoms. The highest BCUT2D eigenvalue weighted by Crippen LogP contribution is 2.25. The predicted molar refractivity (Wildman–Crippen MR) is 134 cm³/mol. The molecule has 0 aliphatic rings. The first-order valence-electron chi connectivity index (χ1n) is 11.2. The second kappa shape index (κ2) is 10.2. The maximum absolute atomic E-state index is 12.2. The molecule has 0 saturated heterocycles. The van der Waals surface area contributed by atoms with Crippen LogP contribution >= 0.6 is 0 Å². The highest BCUT2D eigenvalue weighted by molar-refractivity contribution is 6.01. The molecule has 1 amide bonds. The number of benzene rings is 3. The van der Waals surface area contributed by atoms with Crippen molar-refractivity contribution in [2.75, 3.05) is 6.61 Å². The molecule has 168 valence electrons. The molecule has 4 aromatic rings. The van der Waals surface area contributed by atoms with E-state index in [4.69, 9.17) is 4.74 Å². The van der Waals surface area contributed by atoms with Gasteiger partial charge in [0.1, 0.15) is 5.75 Å². The number of amides is 1. The number of para-hydroxylation sites is 1. The third-order valence-electron chi connectivity index (χ3n) is 5.76. The van der Waals surface area contributed by atoms with E-state index in [0.717, 1.165) is 28.7 Å². The van der Waals surface area contributed by atoms with Crippen LogP contribution in [-0.4, -0.2) is 23.3 Å². The second-order valence-electron chi connectivity index (χ2n) is 8.39. The van der Waals surface area contributed by atoms with Crippen LogP contribution in [0.15, 0.2) is 84.0 Å². The van der Waals surface area contributed by atoms with Crippen molar-refractivity contribution >= 4 is 23.0 Å². The molecule has 0 saturated carbocycles. The number of carbonyl (C=O) groups excluding carboxylic acids is 1. The summed E-state index contributed by atoms with van der Waals surface area (Å²) in [6.07, 6.45) is 1.72. The molecule has 33 heavy (non-hydrogen) atoms. The lowest BCUT2D eigenvalue weighted by molar-refractivity contribution is -0.123. The minimum Gasteiger partial charge on any atom is -0.484 e. The highest BCUT2D eigenvalue weighted by Gasteiger charge is 2.13. The Morgan fingerprint density at radius 1 is 1.00 bits per heavy atom. The van der Waals surface area contributed by atoms with Crippen molar-refractivity contribution in [3.8, 4) is 5.75 Å². The Morgan fingerprint density at radius 2 is 1.70 bits per heavy atom. The molecule has 0 atom stereocenters. The zero-order valence-corrected chi connectivity index (χ0v) is 19.3. The summed E-state index contributed by atoms with van der Waals surface area (Å²) >= 11 is 0. The number of aromatic nitrogens is 1. The predicted octanol–water partition coefficient (Wildman–Crippen LogP) is 5.65. The first kappa shape index (κ1) is 22.3. The second-order valence-corrected chi connectivity index (χ2v) is 8.39. The average Bonchev–Trinajstić information content (AvgIpc) is 3.10. The number of ether oxygens (including phenoxy) is 1. The lowest BCUT2D eigenvalue weighted by atomic mass is 10.0. The molecule has 0 aliphatic heterocycles. The third-order valence-corrected chi connectivity index (χ3v) is 5.76. The number of nitrogens with zero attached hydrogens (tertiary/aromatic N) is 2. The van der Waals surface area contributed by atoms with Gasteiger partial charge in [-0.05, 0) is 42.2 Å². The zero-order valence-electron chi connectivity index (χ0n) is 19.3. The number of hydrazone groups is 1. The summed E-state index contributed by atoms with van der Waals surface area (Å²) in [7, 11) is 0. The molecular weight excluding hydrogens is 410 g/mol. The number of rotatable bonds is 8. The summed E-state index contributed by atoms with van der Waals surface area (Å²) in [5.74, 6) is 0.821. The lowest BCUT2D eigenvalue weighted by Crippen LogP contribution is -2.24. The zero-order chi connectivity index (χ0) is 23.2. The Bertz CT molecular complexity index is 1260. The largest absolute Gasteiger partial charge is 0.484 e. The number of nitrogens with one attached hydrogen (secondary N) is 1. The summed E-state index contributed by atoms with van der Waals surface area (Å²) in [6, 6.07) is 26.4. The van der Waals surface area contributed by atoms with Crippen LogP contribution in [0.1, 0.15) is 42.1 Å². The summed E-state index contributed by atoms with van der Waals surface area (Å²) in [5.41, 5.74) is 8.27. The number of carbonyl (C=O) groups is 1. The van der Waals surface area contributed by atoms with Gasteiger partial charge in [0.15, 0.2) is 6.61 Å². The van der Waals surface area contributed by atoms with Crippen LogP contribution in [0, 0.1) is 6.92 Å². The van der Waals surface area contributed by atoms with E-state index in [1.165, 1.54) is 11.1 Å². The van der Waals surface area contributed by atoms with Crippen LogP contribution in [0.3, 0.4) is 0 Å².